The van der Waals surface area contributed by atoms with Gasteiger partial charge in [0.15, 0.2) is 6.73 Å². The number of carbonyl (C=O) groups excluding carboxylic acids is 3. The number of ether oxygens (including phenoxy) is 3. The highest BCUT2D eigenvalue weighted by atomic mass is 16.5. The van der Waals surface area contributed by atoms with E-state index in [1.165, 1.54) is 0 Å². The molecule has 10 heteroatoms. The van der Waals surface area contributed by atoms with Gasteiger partial charge in [0.2, 0.25) is 5.91 Å². The summed E-state index contributed by atoms with van der Waals surface area (Å²) in [7, 11) is 2.74. The van der Waals surface area contributed by atoms with Gasteiger partial charge >= 0.3 is 11.9 Å². The highest BCUT2D eigenvalue weighted by Crippen LogP contribution is 2.25. The van der Waals surface area contributed by atoms with Crippen molar-refractivity contribution in [2.75, 3.05) is 21.0 Å². The molecule has 0 saturated carbocycles. The Labute approximate surface area is 172 Å². The smallest absolute Gasteiger partial charge is 0.328 e. The molecule has 0 heterocycles. The fraction of sp³-hybridized carbons (Fsp3) is 0.350. The Morgan fingerprint density at radius 3 is 2.50 bits per heavy atom. The third-order valence-electron chi connectivity index (χ3n) is 4.48. The third kappa shape index (κ3) is 5.86. The van der Waals surface area contributed by atoms with Gasteiger partial charge in [0.05, 0.1) is 26.6 Å². The van der Waals surface area contributed by atoms with Crippen LogP contribution < -0.4 is 10.1 Å². The number of carbonyl (C=O) groups is 3. The molecule has 0 aliphatic carbocycles. The number of methoxy groups -OCH3 is 2. The first-order valence-corrected chi connectivity index (χ1v) is 9.02. The normalized spacial score (nSPS) is 12.2. The fourth-order valence-electron chi connectivity index (χ4n) is 2.77. The van der Waals surface area contributed by atoms with E-state index in [9.17, 15) is 14.4 Å². The number of amides is 1. The summed E-state index contributed by atoms with van der Waals surface area (Å²) in [4.78, 5) is 38.9. The molecule has 0 aliphatic rings. The van der Waals surface area contributed by atoms with Crippen LogP contribution in [-0.4, -0.2) is 44.8 Å². The van der Waals surface area contributed by atoms with Crippen molar-refractivity contribution in [2.24, 2.45) is 5.11 Å². The van der Waals surface area contributed by atoms with Crippen LogP contribution >= 0.6 is 0 Å². The van der Waals surface area contributed by atoms with Crippen molar-refractivity contribution < 1.29 is 28.6 Å². The van der Waals surface area contributed by atoms with Crippen LogP contribution in [0.4, 0.5) is 0 Å². The van der Waals surface area contributed by atoms with Gasteiger partial charge in [0.1, 0.15) is 11.8 Å². The third-order valence-corrected chi connectivity index (χ3v) is 4.48. The fourth-order valence-corrected chi connectivity index (χ4v) is 2.77. The molecule has 0 radical (unpaired) electrons. The van der Waals surface area contributed by atoms with Crippen LogP contribution in [0.5, 0.6) is 5.75 Å². The molecular formula is C20H22N4O6. The van der Waals surface area contributed by atoms with Crippen LogP contribution in [0.2, 0.25) is 0 Å². The number of esters is 2. The van der Waals surface area contributed by atoms with Crippen molar-refractivity contribution in [1.29, 1.82) is 0 Å². The highest BCUT2D eigenvalue weighted by molar-refractivity contribution is 5.92. The van der Waals surface area contributed by atoms with Gasteiger partial charge < -0.3 is 19.5 Å². The number of nitrogens with zero attached hydrogens (tertiary/aromatic N) is 3. The first-order chi connectivity index (χ1) is 14.4. The summed E-state index contributed by atoms with van der Waals surface area (Å²) < 4.78 is 14.5. The number of azide groups is 1. The predicted octanol–water partition coefficient (Wildman–Crippen LogP) is 2.81. The number of benzene rings is 2. The average molecular weight is 414 g/mol. The number of hydrogen-bond donors (Lipinski definition) is 1. The second-order valence-corrected chi connectivity index (χ2v) is 6.36. The molecule has 2 aromatic carbocycles. The molecule has 2 aromatic rings. The Bertz CT molecular complexity index is 986. The van der Waals surface area contributed by atoms with Gasteiger partial charge in [-0.25, -0.2) is 4.79 Å². The molecular weight excluding hydrogens is 392 g/mol. The molecule has 10 nitrogen and oxygen atoms in total. The van der Waals surface area contributed by atoms with Gasteiger partial charge in [-0.05, 0) is 40.9 Å². The van der Waals surface area contributed by atoms with E-state index in [0.717, 1.165) is 29.2 Å². The zero-order valence-electron chi connectivity index (χ0n) is 16.8. The number of nitrogens with one attached hydrogen (secondary N) is 1. The van der Waals surface area contributed by atoms with Crippen LogP contribution in [0.15, 0.2) is 41.5 Å². The molecule has 2 rings (SSSR count). The van der Waals surface area contributed by atoms with E-state index in [4.69, 9.17) is 10.3 Å². The van der Waals surface area contributed by atoms with Crippen LogP contribution in [0.25, 0.3) is 21.2 Å². The first kappa shape index (κ1) is 22.5. The second-order valence-electron chi connectivity index (χ2n) is 6.36. The van der Waals surface area contributed by atoms with E-state index in [1.54, 1.807) is 14.0 Å². The quantitative estimate of drug-likeness (QED) is 0.290. The van der Waals surface area contributed by atoms with Gasteiger partial charge in [0.25, 0.3) is 0 Å². The lowest BCUT2D eigenvalue weighted by Crippen LogP contribution is -2.44. The predicted molar refractivity (Wildman–Crippen MR) is 108 cm³/mol. The van der Waals surface area contributed by atoms with Gasteiger partial charge in [-0.1, -0.05) is 29.4 Å². The molecule has 0 aromatic heterocycles. The SMILES string of the molecule is COC(=O)C(CC(=O)OCN=[N+]=[N-])NC(=O)C(C)c1ccc2cc(OC)ccc2c1. The minimum atomic E-state index is -1.23. The zero-order valence-corrected chi connectivity index (χ0v) is 16.8. The van der Waals surface area contributed by atoms with Crippen molar-refractivity contribution in [1.82, 2.24) is 5.32 Å². The maximum absolute atomic E-state index is 12.7. The van der Waals surface area contributed by atoms with Crippen LogP contribution in [0, 0.1) is 0 Å². The monoisotopic (exact) mass is 414 g/mol. The van der Waals surface area contributed by atoms with Gasteiger partial charge in [-0.2, -0.15) is 0 Å². The number of rotatable bonds is 9. The van der Waals surface area contributed by atoms with Crippen molar-refractivity contribution in [3.8, 4) is 5.75 Å². The summed E-state index contributed by atoms with van der Waals surface area (Å²) in [6.45, 7) is 1.18. The topological polar surface area (TPSA) is 140 Å². The standard InChI is InChI=1S/C20H22N4O6/c1-12(13-4-5-15-9-16(28-2)7-6-14(15)8-13)19(26)23-17(20(27)29-3)10-18(25)30-11-22-24-21/h4-9,12,17H,10-11H2,1-3H3,(H,23,26). The van der Waals surface area contributed by atoms with E-state index in [1.807, 2.05) is 36.4 Å². The van der Waals surface area contributed by atoms with E-state index in [0.29, 0.717) is 0 Å². The first-order valence-electron chi connectivity index (χ1n) is 9.02. The molecule has 30 heavy (non-hydrogen) atoms. The summed E-state index contributed by atoms with van der Waals surface area (Å²) in [5.74, 6) is -1.93. The highest BCUT2D eigenvalue weighted by Gasteiger charge is 2.27. The van der Waals surface area contributed by atoms with E-state index >= 15 is 0 Å². The summed E-state index contributed by atoms with van der Waals surface area (Å²) in [6.07, 6.45) is -0.455. The minimum Gasteiger partial charge on any atom is -0.497 e. The molecule has 158 valence electrons. The Kier molecular flexibility index (Phi) is 8.01. The number of fused-ring (bicyclic) bond motifs is 1. The molecule has 0 saturated heterocycles. The summed E-state index contributed by atoms with van der Waals surface area (Å²) >= 11 is 0. The maximum Gasteiger partial charge on any atom is 0.328 e. The van der Waals surface area contributed by atoms with Gasteiger partial charge in [-0.3, -0.25) is 9.59 Å². The largest absolute Gasteiger partial charge is 0.497 e. The lowest BCUT2D eigenvalue weighted by atomic mass is 9.96. The summed E-state index contributed by atoms with van der Waals surface area (Å²) in [6, 6.07) is 9.94. The van der Waals surface area contributed by atoms with Gasteiger partial charge in [0, 0.05) is 4.91 Å². The molecule has 2 unspecified atom stereocenters. The molecule has 0 bridgehead atoms. The van der Waals surface area contributed by atoms with Crippen molar-refractivity contribution >= 4 is 28.6 Å². The van der Waals surface area contributed by atoms with Crippen molar-refractivity contribution in [3.05, 3.63) is 52.4 Å². The lowest BCUT2D eigenvalue weighted by molar-refractivity contribution is -0.152. The molecule has 2 atom stereocenters. The Balaban J connectivity index is 2.11. The van der Waals surface area contributed by atoms with Crippen LogP contribution in [0.1, 0.15) is 24.8 Å². The summed E-state index contributed by atoms with van der Waals surface area (Å²) in [5, 5.41) is 7.48. The van der Waals surface area contributed by atoms with Crippen molar-refractivity contribution in [2.45, 2.75) is 25.3 Å². The Morgan fingerprint density at radius 1 is 1.13 bits per heavy atom. The average Bonchev–Trinajstić information content (AvgIpc) is 2.76. The summed E-state index contributed by atoms with van der Waals surface area (Å²) in [5.41, 5.74) is 8.93. The number of hydrogen-bond acceptors (Lipinski definition) is 7. The van der Waals surface area contributed by atoms with Crippen molar-refractivity contribution in [3.63, 3.8) is 0 Å². The van der Waals surface area contributed by atoms with Crippen LogP contribution in [0.3, 0.4) is 0 Å². The van der Waals surface area contributed by atoms with E-state index in [-0.39, 0.29) is 0 Å². The Morgan fingerprint density at radius 2 is 1.83 bits per heavy atom. The molecule has 0 fully saturated rings. The van der Waals surface area contributed by atoms with Crippen LogP contribution in [-0.2, 0) is 23.9 Å². The zero-order chi connectivity index (χ0) is 22.1. The van der Waals surface area contributed by atoms with Gasteiger partial charge in [-0.15, -0.1) is 0 Å². The van der Waals surface area contributed by atoms with E-state index < -0.39 is 43.0 Å². The molecule has 1 amide bonds. The lowest BCUT2D eigenvalue weighted by Gasteiger charge is -2.19. The molecule has 0 aliphatic heterocycles. The maximum atomic E-state index is 12.7. The van der Waals surface area contributed by atoms with E-state index in [2.05, 4.69) is 24.8 Å². The Hall–Kier alpha value is -3.78. The minimum absolute atomic E-state index is 0.455. The molecule has 1 N–H and O–H groups in total. The molecule has 0 spiro atoms. The second kappa shape index (κ2) is 10.7.